The molecule has 1 fully saturated rings. The molecule has 5 heteroatoms. The predicted octanol–water partition coefficient (Wildman–Crippen LogP) is 1.28. The van der Waals surface area contributed by atoms with Gasteiger partial charge in [0, 0.05) is 0 Å². The van der Waals surface area contributed by atoms with Gasteiger partial charge in [-0.1, -0.05) is 24.3 Å². The SMILES string of the molecule is O=C(NC(C(=O)O)C1CC1)C1OCCc2ccccc21. The molecular formula is C15H17NO4. The van der Waals surface area contributed by atoms with E-state index in [-0.39, 0.29) is 11.8 Å². The van der Waals surface area contributed by atoms with Crippen molar-refractivity contribution < 1.29 is 19.4 Å². The first-order valence-electron chi connectivity index (χ1n) is 6.89. The van der Waals surface area contributed by atoms with Crippen molar-refractivity contribution in [3.63, 3.8) is 0 Å². The zero-order valence-corrected chi connectivity index (χ0v) is 11.0. The number of ether oxygens (including phenoxy) is 1. The van der Waals surface area contributed by atoms with E-state index in [9.17, 15) is 14.7 Å². The van der Waals surface area contributed by atoms with E-state index < -0.39 is 18.1 Å². The predicted molar refractivity (Wildman–Crippen MR) is 71.1 cm³/mol. The smallest absolute Gasteiger partial charge is 0.326 e. The van der Waals surface area contributed by atoms with E-state index in [0.29, 0.717) is 6.61 Å². The lowest BCUT2D eigenvalue weighted by molar-refractivity contribution is -0.145. The third-order valence-corrected chi connectivity index (χ3v) is 3.89. The molecule has 2 N–H and O–H groups in total. The van der Waals surface area contributed by atoms with Gasteiger partial charge in [0.25, 0.3) is 5.91 Å². The van der Waals surface area contributed by atoms with Gasteiger partial charge in [0.05, 0.1) is 6.61 Å². The molecule has 1 amide bonds. The highest BCUT2D eigenvalue weighted by Crippen LogP contribution is 2.34. The number of carboxylic acids is 1. The fraction of sp³-hybridized carbons (Fsp3) is 0.467. The van der Waals surface area contributed by atoms with Gasteiger partial charge in [-0.25, -0.2) is 4.79 Å². The first kappa shape index (κ1) is 13.1. The van der Waals surface area contributed by atoms with Crippen molar-refractivity contribution in [3.05, 3.63) is 35.4 Å². The van der Waals surface area contributed by atoms with Crippen molar-refractivity contribution >= 4 is 11.9 Å². The minimum atomic E-state index is -0.968. The molecule has 5 nitrogen and oxygen atoms in total. The molecule has 1 saturated carbocycles. The van der Waals surface area contributed by atoms with Crippen LogP contribution in [0.4, 0.5) is 0 Å². The molecule has 1 aromatic rings. The van der Waals surface area contributed by atoms with Crippen molar-refractivity contribution in [1.29, 1.82) is 0 Å². The van der Waals surface area contributed by atoms with Crippen molar-refractivity contribution in [2.24, 2.45) is 5.92 Å². The Morgan fingerprint density at radius 3 is 2.75 bits per heavy atom. The van der Waals surface area contributed by atoms with Crippen LogP contribution in [0.1, 0.15) is 30.1 Å². The minimum absolute atomic E-state index is 0.0651. The van der Waals surface area contributed by atoms with Crippen molar-refractivity contribution in [2.45, 2.75) is 31.4 Å². The molecular weight excluding hydrogens is 258 g/mol. The molecule has 2 aliphatic rings. The van der Waals surface area contributed by atoms with E-state index in [1.54, 1.807) is 0 Å². The van der Waals surface area contributed by atoms with Crippen LogP contribution in [-0.2, 0) is 20.7 Å². The maximum Gasteiger partial charge on any atom is 0.326 e. The third-order valence-electron chi connectivity index (χ3n) is 3.89. The summed E-state index contributed by atoms with van der Waals surface area (Å²) in [5, 5.41) is 11.8. The van der Waals surface area contributed by atoms with Gasteiger partial charge in [0.1, 0.15) is 6.04 Å². The fourth-order valence-electron chi connectivity index (χ4n) is 2.65. The van der Waals surface area contributed by atoms with Gasteiger partial charge in [-0.15, -0.1) is 0 Å². The molecule has 0 bridgehead atoms. The van der Waals surface area contributed by atoms with Gasteiger partial charge in [-0.2, -0.15) is 0 Å². The molecule has 0 aromatic heterocycles. The van der Waals surface area contributed by atoms with E-state index in [4.69, 9.17) is 4.74 Å². The highest BCUT2D eigenvalue weighted by molar-refractivity contribution is 5.87. The molecule has 0 spiro atoms. The quantitative estimate of drug-likeness (QED) is 0.868. The van der Waals surface area contributed by atoms with Crippen LogP contribution >= 0.6 is 0 Å². The average Bonchev–Trinajstić information content (AvgIpc) is 3.28. The van der Waals surface area contributed by atoms with E-state index in [1.807, 2.05) is 24.3 Å². The standard InChI is InChI=1S/C15H17NO4/c17-14(16-12(15(18)19)10-5-6-10)13-11-4-2-1-3-9(11)7-8-20-13/h1-4,10,12-13H,5-8H2,(H,16,17)(H,18,19). The maximum atomic E-state index is 12.3. The van der Waals surface area contributed by atoms with E-state index in [1.165, 1.54) is 0 Å². The van der Waals surface area contributed by atoms with Crippen LogP contribution in [0, 0.1) is 5.92 Å². The van der Waals surface area contributed by atoms with E-state index >= 15 is 0 Å². The summed E-state index contributed by atoms with van der Waals surface area (Å²) >= 11 is 0. The molecule has 2 unspecified atom stereocenters. The number of amides is 1. The topological polar surface area (TPSA) is 75.6 Å². The zero-order valence-electron chi connectivity index (χ0n) is 11.0. The van der Waals surface area contributed by atoms with Gasteiger partial charge in [-0.05, 0) is 36.3 Å². The molecule has 0 saturated heterocycles. The Kier molecular flexibility index (Phi) is 3.44. The lowest BCUT2D eigenvalue weighted by Gasteiger charge is -2.26. The number of fused-ring (bicyclic) bond motifs is 1. The summed E-state index contributed by atoms with van der Waals surface area (Å²) in [6.45, 7) is 0.482. The summed E-state index contributed by atoms with van der Waals surface area (Å²) in [7, 11) is 0. The average molecular weight is 275 g/mol. The highest BCUT2D eigenvalue weighted by atomic mass is 16.5. The van der Waals surface area contributed by atoms with E-state index in [2.05, 4.69) is 5.32 Å². The lowest BCUT2D eigenvalue weighted by Crippen LogP contribution is -2.45. The molecule has 3 rings (SSSR count). The largest absolute Gasteiger partial charge is 0.480 e. The first-order valence-corrected chi connectivity index (χ1v) is 6.89. The maximum absolute atomic E-state index is 12.3. The zero-order chi connectivity index (χ0) is 14.1. The van der Waals surface area contributed by atoms with Gasteiger partial charge < -0.3 is 15.2 Å². The summed E-state index contributed by atoms with van der Waals surface area (Å²) in [4.78, 5) is 23.5. The molecule has 106 valence electrons. The van der Waals surface area contributed by atoms with Gasteiger partial charge in [0.15, 0.2) is 6.10 Å². The summed E-state index contributed by atoms with van der Waals surface area (Å²) < 4.78 is 5.54. The fourth-order valence-corrected chi connectivity index (χ4v) is 2.65. The minimum Gasteiger partial charge on any atom is -0.480 e. The Balaban J connectivity index is 1.76. The van der Waals surface area contributed by atoms with Gasteiger partial charge in [-0.3, -0.25) is 4.79 Å². The number of hydrogen-bond acceptors (Lipinski definition) is 3. The van der Waals surface area contributed by atoms with Crippen LogP contribution in [-0.4, -0.2) is 29.6 Å². The Hall–Kier alpha value is -1.88. The molecule has 2 atom stereocenters. The molecule has 1 heterocycles. The third kappa shape index (κ3) is 2.54. The normalized spacial score (nSPS) is 22.7. The molecule has 1 aliphatic carbocycles. The second kappa shape index (κ2) is 5.25. The van der Waals surface area contributed by atoms with Crippen LogP contribution < -0.4 is 5.32 Å². The molecule has 1 aliphatic heterocycles. The summed E-state index contributed by atoms with van der Waals surface area (Å²) in [5.41, 5.74) is 1.94. The van der Waals surface area contributed by atoms with Crippen molar-refractivity contribution in [1.82, 2.24) is 5.32 Å². The number of carboxylic acid groups (broad SMARTS) is 1. The molecule has 1 aromatic carbocycles. The van der Waals surface area contributed by atoms with Gasteiger partial charge in [0.2, 0.25) is 0 Å². The Labute approximate surface area is 116 Å². The number of nitrogens with one attached hydrogen (secondary N) is 1. The monoisotopic (exact) mass is 275 g/mol. The number of carbonyl (C=O) groups is 2. The van der Waals surface area contributed by atoms with Gasteiger partial charge >= 0.3 is 5.97 Å². The Morgan fingerprint density at radius 1 is 1.30 bits per heavy atom. The van der Waals surface area contributed by atoms with Crippen LogP contribution in [0.15, 0.2) is 24.3 Å². The second-order valence-corrected chi connectivity index (χ2v) is 5.36. The van der Waals surface area contributed by atoms with Crippen molar-refractivity contribution in [2.75, 3.05) is 6.61 Å². The van der Waals surface area contributed by atoms with Crippen LogP contribution in [0.3, 0.4) is 0 Å². The molecule has 0 radical (unpaired) electrons. The van der Waals surface area contributed by atoms with Crippen molar-refractivity contribution in [3.8, 4) is 0 Å². The number of benzene rings is 1. The molecule has 20 heavy (non-hydrogen) atoms. The first-order chi connectivity index (χ1) is 9.66. The lowest BCUT2D eigenvalue weighted by atomic mass is 9.97. The number of hydrogen-bond donors (Lipinski definition) is 2. The number of carbonyl (C=O) groups excluding carboxylic acids is 1. The van der Waals surface area contributed by atoms with Crippen LogP contribution in [0.2, 0.25) is 0 Å². The number of rotatable bonds is 4. The second-order valence-electron chi connectivity index (χ2n) is 5.36. The van der Waals surface area contributed by atoms with Crippen LogP contribution in [0.5, 0.6) is 0 Å². The van der Waals surface area contributed by atoms with E-state index in [0.717, 1.165) is 30.4 Å². The Morgan fingerprint density at radius 2 is 2.05 bits per heavy atom. The summed E-state index contributed by atoms with van der Waals surface area (Å²) in [6, 6.07) is 6.85. The Bertz CT molecular complexity index is 538. The summed E-state index contributed by atoms with van der Waals surface area (Å²) in [6.07, 6.45) is 1.81. The van der Waals surface area contributed by atoms with Crippen LogP contribution in [0.25, 0.3) is 0 Å². The highest BCUT2D eigenvalue weighted by Gasteiger charge is 2.39. The summed E-state index contributed by atoms with van der Waals surface area (Å²) in [5.74, 6) is -1.25. The number of aliphatic carboxylic acids is 1.